The zero-order valence-electron chi connectivity index (χ0n) is 14.8. The lowest BCUT2D eigenvalue weighted by Crippen LogP contribution is -2.34. The average molecular weight is 363 g/mol. The molecule has 7 heteroatoms. The van der Waals surface area contributed by atoms with Gasteiger partial charge in [0.2, 0.25) is 5.95 Å². The van der Waals surface area contributed by atoms with Crippen molar-refractivity contribution >= 4 is 29.1 Å². The smallest absolute Gasteiger partial charge is 0.229 e. The molecule has 0 aliphatic carbocycles. The molecule has 0 amide bonds. The second-order valence-electron chi connectivity index (χ2n) is 6.24. The molecule has 25 heavy (non-hydrogen) atoms. The molecule has 1 N–H and O–H groups in total. The summed E-state index contributed by atoms with van der Waals surface area (Å²) in [7, 11) is 3.17. The Morgan fingerprint density at radius 2 is 2.04 bits per heavy atom. The third kappa shape index (κ3) is 4.07. The van der Waals surface area contributed by atoms with Crippen LogP contribution in [0.2, 0.25) is 5.02 Å². The van der Waals surface area contributed by atoms with Crippen LogP contribution in [-0.4, -0.2) is 37.3 Å². The lowest BCUT2D eigenvalue weighted by atomic mass is 10.0. The number of benzene rings is 1. The van der Waals surface area contributed by atoms with Gasteiger partial charge in [-0.05, 0) is 24.8 Å². The van der Waals surface area contributed by atoms with Gasteiger partial charge in [0.05, 0.1) is 24.9 Å². The fourth-order valence-electron chi connectivity index (χ4n) is 3.06. The van der Waals surface area contributed by atoms with E-state index in [4.69, 9.17) is 21.1 Å². The Morgan fingerprint density at radius 1 is 1.24 bits per heavy atom. The van der Waals surface area contributed by atoms with E-state index in [9.17, 15) is 0 Å². The van der Waals surface area contributed by atoms with Crippen LogP contribution in [0.25, 0.3) is 0 Å². The number of piperidine rings is 1. The Balaban J connectivity index is 1.85. The van der Waals surface area contributed by atoms with Gasteiger partial charge in [-0.3, -0.25) is 0 Å². The highest BCUT2D eigenvalue weighted by molar-refractivity contribution is 6.32. The van der Waals surface area contributed by atoms with E-state index in [0.29, 0.717) is 34.1 Å². The van der Waals surface area contributed by atoms with Crippen molar-refractivity contribution in [1.82, 2.24) is 9.97 Å². The minimum absolute atomic E-state index is 0.488. The monoisotopic (exact) mass is 362 g/mol. The number of rotatable bonds is 5. The minimum atomic E-state index is 0.488. The first-order valence-corrected chi connectivity index (χ1v) is 8.75. The molecule has 2 aromatic rings. The number of methoxy groups -OCH3 is 2. The third-order valence-corrected chi connectivity index (χ3v) is 4.64. The second-order valence-corrected chi connectivity index (χ2v) is 6.65. The van der Waals surface area contributed by atoms with Crippen LogP contribution in [0.3, 0.4) is 0 Å². The molecule has 1 aliphatic rings. The number of nitrogens with one attached hydrogen (secondary N) is 1. The summed E-state index contributed by atoms with van der Waals surface area (Å²) < 4.78 is 10.7. The van der Waals surface area contributed by atoms with Gasteiger partial charge in [0.25, 0.3) is 0 Å². The average Bonchev–Trinajstić information content (AvgIpc) is 2.63. The summed E-state index contributed by atoms with van der Waals surface area (Å²) in [5.74, 6) is 3.29. The van der Waals surface area contributed by atoms with Gasteiger partial charge in [-0.25, -0.2) is 4.98 Å². The van der Waals surface area contributed by atoms with E-state index < -0.39 is 0 Å². The van der Waals surface area contributed by atoms with Crippen LogP contribution in [-0.2, 0) is 0 Å². The highest BCUT2D eigenvalue weighted by Gasteiger charge is 2.18. The molecular formula is C18H23ClN4O2. The zero-order valence-corrected chi connectivity index (χ0v) is 15.5. The molecule has 0 saturated carbocycles. The second kappa shape index (κ2) is 7.78. The molecule has 1 atom stereocenters. The van der Waals surface area contributed by atoms with Crippen LogP contribution in [0.4, 0.5) is 17.5 Å². The topological polar surface area (TPSA) is 59.5 Å². The summed E-state index contributed by atoms with van der Waals surface area (Å²) in [5.41, 5.74) is 0.702. The minimum Gasteiger partial charge on any atom is -0.495 e. The first-order chi connectivity index (χ1) is 12.1. The lowest BCUT2D eigenvalue weighted by Gasteiger charge is -2.31. The van der Waals surface area contributed by atoms with Crippen LogP contribution in [0.5, 0.6) is 11.5 Å². The highest BCUT2D eigenvalue weighted by atomic mass is 35.5. The number of nitrogens with zero attached hydrogens (tertiary/aromatic N) is 3. The maximum Gasteiger partial charge on any atom is 0.229 e. The van der Waals surface area contributed by atoms with E-state index >= 15 is 0 Å². The van der Waals surface area contributed by atoms with Crippen molar-refractivity contribution in [3.05, 3.63) is 29.4 Å². The van der Waals surface area contributed by atoms with E-state index in [1.54, 1.807) is 32.5 Å². The molecule has 0 bridgehead atoms. The number of hydrogen-bond acceptors (Lipinski definition) is 6. The van der Waals surface area contributed by atoms with Crippen molar-refractivity contribution in [1.29, 1.82) is 0 Å². The maximum atomic E-state index is 6.15. The number of hydrogen-bond donors (Lipinski definition) is 1. The molecule has 134 valence electrons. The molecule has 3 rings (SSSR count). The predicted octanol–water partition coefficient (Wildman–Crippen LogP) is 4.13. The van der Waals surface area contributed by atoms with Gasteiger partial charge in [-0.15, -0.1) is 0 Å². The number of ether oxygens (including phenoxy) is 2. The van der Waals surface area contributed by atoms with Gasteiger partial charge < -0.3 is 19.7 Å². The summed E-state index contributed by atoms with van der Waals surface area (Å²) >= 11 is 6.15. The Morgan fingerprint density at radius 3 is 2.76 bits per heavy atom. The fraction of sp³-hybridized carbons (Fsp3) is 0.444. The molecule has 6 nitrogen and oxygen atoms in total. The highest BCUT2D eigenvalue weighted by Crippen LogP contribution is 2.37. The quantitative estimate of drug-likeness (QED) is 0.863. The summed E-state index contributed by atoms with van der Waals surface area (Å²) in [4.78, 5) is 11.3. The molecule has 0 radical (unpaired) electrons. The van der Waals surface area contributed by atoms with Gasteiger partial charge in [0.15, 0.2) is 0 Å². The SMILES string of the molecule is COc1cc(Nc2nccc(N3CCCC(C)C3)n2)c(OC)cc1Cl. The van der Waals surface area contributed by atoms with Gasteiger partial charge in [0, 0.05) is 31.4 Å². The van der Waals surface area contributed by atoms with Crippen LogP contribution in [0, 0.1) is 5.92 Å². The van der Waals surface area contributed by atoms with Crippen molar-refractivity contribution in [2.45, 2.75) is 19.8 Å². The van der Waals surface area contributed by atoms with E-state index in [1.807, 2.05) is 6.07 Å². The van der Waals surface area contributed by atoms with Crippen LogP contribution in [0.15, 0.2) is 24.4 Å². The normalized spacial score (nSPS) is 17.3. The number of halogens is 1. The molecule has 1 aliphatic heterocycles. The predicted molar refractivity (Wildman–Crippen MR) is 100 cm³/mol. The fourth-order valence-corrected chi connectivity index (χ4v) is 3.29. The van der Waals surface area contributed by atoms with Gasteiger partial charge in [0.1, 0.15) is 17.3 Å². The molecule has 1 saturated heterocycles. The summed E-state index contributed by atoms with van der Waals surface area (Å²) in [6.45, 7) is 4.32. The summed E-state index contributed by atoms with van der Waals surface area (Å²) in [5, 5.41) is 3.69. The standard InChI is InChI=1S/C18H23ClN4O2/c1-12-5-4-8-23(11-12)17-6-7-20-18(22-17)21-14-10-15(24-2)13(19)9-16(14)25-3/h6-7,9-10,12H,4-5,8,11H2,1-3H3,(H,20,21,22). The molecule has 0 spiro atoms. The molecule has 1 unspecified atom stereocenters. The molecule has 2 heterocycles. The van der Waals surface area contributed by atoms with Crippen molar-refractivity contribution < 1.29 is 9.47 Å². The first kappa shape index (κ1) is 17.6. The number of aromatic nitrogens is 2. The van der Waals surface area contributed by atoms with Crippen LogP contribution in [0.1, 0.15) is 19.8 Å². The number of anilines is 3. The Labute approximate surface area is 153 Å². The van der Waals surface area contributed by atoms with E-state index in [1.165, 1.54) is 12.8 Å². The van der Waals surface area contributed by atoms with Crippen LogP contribution >= 0.6 is 11.6 Å². The van der Waals surface area contributed by atoms with Crippen molar-refractivity contribution in [3.63, 3.8) is 0 Å². The lowest BCUT2D eigenvalue weighted by molar-refractivity contribution is 0.405. The maximum absolute atomic E-state index is 6.15. The molecule has 1 fully saturated rings. The van der Waals surface area contributed by atoms with E-state index in [-0.39, 0.29) is 0 Å². The van der Waals surface area contributed by atoms with Crippen molar-refractivity contribution in [3.8, 4) is 11.5 Å². The van der Waals surface area contributed by atoms with Crippen LogP contribution < -0.4 is 19.7 Å². The van der Waals surface area contributed by atoms with Gasteiger partial charge in [-0.1, -0.05) is 18.5 Å². The Hall–Kier alpha value is -2.21. The summed E-state index contributed by atoms with van der Waals surface area (Å²) in [6.07, 6.45) is 4.23. The zero-order chi connectivity index (χ0) is 17.8. The molecule has 1 aromatic heterocycles. The Bertz CT molecular complexity index is 741. The summed E-state index contributed by atoms with van der Waals surface area (Å²) in [6, 6.07) is 5.43. The molecule has 1 aromatic carbocycles. The molecular weight excluding hydrogens is 340 g/mol. The first-order valence-electron chi connectivity index (χ1n) is 8.37. The van der Waals surface area contributed by atoms with E-state index in [0.717, 1.165) is 18.9 Å². The van der Waals surface area contributed by atoms with Gasteiger partial charge >= 0.3 is 0 Å². The largest absolute Gasteiger partial charge is 0.495 e. The van der Waals surface area contributed by atoms with E-state index in [2.05, 4.69) is 27.1 Å². The van der Waals surface area contributed by atoms with Gasteiger partial charge in [-0.2, -0.15) is 4.98 Å². The third-order valence-electron chi connectivity index (χ3n) is 4.34. The van der Waals surface area contributed by atoms with Crippen molar-refractivity contribution in [2.24, 2.45) is 5.92 Å². The Kier molecular flexibility index (Phi) is 5.48. The van der Waals surface area contributed by atoms with Crippen molar-refractivity contribution in [2.75, 3.05) is 37.5 Å².